The number of hydrogen-bond acceptors (Lipinski definition) is 13. The first-order valence-corrected chi connectivity index (χ1v) is 36.9. The minimum absolute atomic E-state index is 0.248. The molecule has 14 heteroatoms. The molecule has 0 aromatic rings. The second-order valence-electron chi connectivity index (χ2n) is 26.1. The zero-order chi connectivity index (χ0) is 63.8. The first-order chi connectivity index (χ1) is 43.1. The number of unbranched alkanes of at least 4 members (excludes halogenated alkanes) is 42. The maximum atomic E-state index is 13.3. The van der Waals surface area contributed by atoms with Gasteiger partial charge in [0.15, 0.2) is 12.6 Å². The van der Waals surface area contributed by atoms with Crippen molar-refractivity contribution in [2.45, 2.75) is 396 Å². The van der Waals surface area contributed by atoms with Crippen LogP contribution < -0.4 is 5.32 Å². The van der Waals surface area contributed by atoms with Gasteiger partial charge in [-0.25, -0.2) is 0 Å². The molecule has 88 heavy (non-hydrogen) atoms. The Kier molecular flexibility index (Phi) is 54.8. The number of nitrogens with one attached hydrogen (secondary N) is 1. The van der Waals surface area contributed by atoms with Gasteiger partial charge < -0.3 is 65.1 Å². The number of rotatable bonds is 61. The van der Waals surface area contributed by atoms with Gasteiger partial charge in [0.25, 0.3) is 0 Å². The Hall–Kier alpha value is -2.05. The average molecular weight is 1250 g/mol. The van der Waals surface area contributed by atoms with Crippen LogP contribution in [-0.2, 0) is 23.7 Å². The molecule has 0 aromatic heterocycles. The van der Waals surface area contributed by atoms with E-state index in [9.17, 15) is 45.6 Å². The van der Waals surface area contributed by atoms with Gasteiger partial charge in [0.05, 0.1) is 32.0 Å². The molecule has 1 amide bonds. The Morgan fingerprint density at radius 3 is 1.11 bits per heavy atom. The standard InChI is InChI=1S/C74H137NO13/c1-3-5-7-9-11-13-15-17-19-21-23-25-27-28-29-30-31-32-33-34-36-38-40-42-44-46-48-50-52-54-56-58-66(79)75-62(61-85-73-71(84)69(82)72(65(60-77)87-73)88-74-70(83)68(81)67(80)64(59-76)86-74)63(78)57-55-53-51-49-47-45-43-41-39-37-35-26-24-22-20-18-16-14-12-10-8-6-4-2/h21,23,39,41,47,49,55,57,62-65,67-74,76-78,80-84H,3-20,22,24-38,40,42-46,48,50-54,56,58-61H2,1-2H3,(H,75,79)/b23-21-,41-39+,49-47+,57-55+. The molecular weight excluding hydrogens is 1110 g/mol. The molecule has 2 fully saturated rings. The molecule has 2 rings (SSSR count). The van der Waals surface area contributed by atoms with Gasteiger partial charge >= 0.3 is 0 Å². The van der Waals surface area contributed by atoms with Crippen LogP contribution in [0.3, 0.4) is 0 Å². The zero-order valence-electron chi connectivity index (χ0n) is 56.2. The summed E-state index contributed by atoms with van der Waals surface area (Å²) >= 11 is 0. The molecule has 12 unspecified atom stereocenters. The molecule has 0 aromatic carbocycles. The third-order valence-electron chi connectivity index (χ3n) is 18.0. The number of aliphatic hydroxyl groups excluding tert-OH is 8. The van der Waals surface area contributed by atoms with Crippen LogP contribution in [0.15, 0.2) is 48.6 Å². The van der Waals surface area contributed by atoms with E-state index in [0.29, 0.717) is 12.8 Å². The Morgan fingerprint density at radius 2 is 0.727 bits per heavy atom. The van der Waals surface area contributed by atoms with Crippen LogP contribution in [0.2, 0.25) is 0 Å². The molecule has 9 N–H and O–H groups in total. The van der Waals surface area contributed by atoms with Crippen molar-refractivity contribution in [2.24, 2.45) is 0 Å². The summed E-state index contributed by atoms with van der Waals surface area (Å²) in [4.78, 5) is 13.3. The number of ether oxygens (including phenoxy) is 4. The van der Waals surface area contributed by atoms with Crippen molar-refractivity contribution in [1.82, 2.24) is 5.32 Å². The van der Waals surface area contributed by atoms with E-state index in [1.165, 1.54) is 244 Å². The van der Waals surface area contributed by atoms with Gasteiger partial charge in [0.2, 0.25) is 5.91 Å². The Bertz CT molecular complexity index is 1660. The van der Waals surface area contributed by atoms with E-state index < -0.39 is 86.8 Å². The van der Waals surface area contributed by atoms with Crippen LogP contribution in [0.4, 0.5) is 0 Å². The number of hydrogen-bond donors (Lipinski definition) is 9. The van der Waals surface area contributed by atoms with E-state index in [1.807, 2.05) is 6.08 Å². The summed E-state index contributed by atoms with van der Waals surface area (Å²) in [5.74, 6) is -0.248. The lowest BCUT2D eigenvalue weighted by Gasteiger charge is -2.46. The number of carbonyl (C=O) groups excluding carboxylic acids is 1. The minimum atomic E-state index is -1.79. The number of amides is 1. The summed E-state index contributed by atoms with van der Waals surface area (Å²) in [5.41, 5.74) is 0. The molecular formula is C74H137NO13. The minimum Gasteiger partial charge on any atom is -0.394 e. The molecule has 0 saturated carbocycles. The predicted molar refractivity (Wildman–Crippen MR) is 360 cm³/mol. The molecule has 2 heterocycles. The van der Waals surface area contributed by atoms with Crippen LogP contribution in [-0.4, -0.2) is 140 Å². The lowest BCUT2D eigenvalue weighted by atomic mass is 9.97. The molecule has 0 aliphatic carbocycles. The SMILES string of the molecule is CCCCCCCCCC/C=C\CCCCCCCCCCCCCCCCCCCCCC(=O)NC(COC1OC(CO)C(OC2OC(CO)C(O)C(O)C2O)C(O)C1O)C(O)/C=C/CC/C=C/CC/C=C/CCCCCCCCCCCCCCC. The first-order valence-electron chi connectivity index (χ1n) is 36.9. The average Bonchev–Trinajstić information content (AvgIpc) is 3.10. The molecule has 2 aliphatic rings. The van der Waals surface area contributed by atoms with Crippen molar-refractivity contribution in [1.29, 1.82) is 0 Å². The molecule has 14 nitrogen and oxygen atoms in total. The maximum absolute atomic E-state index is 13.3. The summed E-state index contributed by atoms with van der Waals surface area (Å²) < 4.78 is 22.9. The Labute approximate surface area is 537 Å². The number of carbonyl (C=O) groups is 1. The van der Waals surface area contributed by atoms with E-state index >= 15 is 0 Å². The summed E-state index contributed by atoms with van der Waals surface area (Å²) in [7, 11) is 0. The highest BCUT2D eigenvalue weighted by atomic mass is 16.7. The van der Waals surface area contributed by atoms with Gasteiger partial charge in [0, 0.05) is 6.42 Å². The van der Waals surface area contributed by atoms with Crippen LogP contribution in [0.25, 0.3) is 0 Å². The zero-order valence-corrected chi connectivity index (χ0v) is 56.2. The van der Waals surface area contributed by atoms with Gasteiger partial charge in [-0.15, -0.1) is 0 Å². The van der Waals surface area contributed by atoms with Crippen molar-refractivity contribution in [3.8, 4) is 0 Å². The third-order valence-corrected chi connectivity index (χ3v) is 18.0. The number of aliphatic hydroxyl groups is 8. The quantitative estimate of drug-likeness (QED) is 0.0204. The van der Waals surface area contributed by atoms with E-state index in [0.717, 1.165) is 44.9 Å². The monoisotopic (exact) mass is 1250 g/mol. The molecule has 2 saturated heterocycles. The predicted octanol–water partition coefficient (Wildman–Crippen LogP) is 15.5. The van der Waals surface area contributed by atoms with Crippen molar-refractivity contribution >= 4 is 5.91 Å². The van der Waals surface area contributed by atoms with Crippen molar-refractivity contribution < 1.29 is 64.6 Å². The van der Waals surface area contributed by atoms with Crippen LogP contribution in [0.5, 0.6) is 0 Å². The Balaban J connectivity index is 1.67. The third kappa shape index (κ3) is 42.2. The van der Waals surface area contributed by atoms with Crippen molar-refractivity contribution in [3.63, 3.8) is 0 Å². The molecule has 0 spiro atoms. The fourth-order valence-electron chi connectivity index (χ4n) is 12.1. The fourth-order valence-corrected chi connectivity index (χ4v) is 12.1. The largest absolute Gasteiger partial charge is 0.394 e. The normalized spacial score (nSPS) is 23.4. The topological polar surface area (TPSA) is 228 Å². The molecule has 516 valence electrons. The molecule has 0 bridgehead atoms. The van der Waals surface area contributed by atoms with Gasteiger partial charge in [-0.1, -0.05) is 294 Å². The van der Waals surface area contributed by atoms with Gasteiger partial charge in [-0.2, -0.15) is 0 Å². The van der Waals surface area contributed by atoms with Gasteiger partial charge in [-0.3, -0.25) is 4.79 Å². The molecule has 0 radical (unpaired) electrons. The Morgan fingerprint density at radius 1 is 0.398 bits per heavy atom. The highest BCUT2D eigenvalue weighted by molar-refractivity contribution is 5.76. The van der Waals surface area contributed by atoms with Crippen molar-refractivity contribution in [3.05, 3.63) is 48.6 Å². The lowest BCUT2D eigenvalue weighted by molar-refractivity contribution is -0.359. The lowest BCUT2D eigenvalue weighted by Crippen LogP contribution is -2.65. The second-order valence-corrected chi connectivity index (χ2v) is 26.1. The molecule has 12 atom stereocenters. The number of allylic oxidation sites excluding steroid dienone is 7. The van der Waals surface area contributed by atoms with Crippen LogP contribution in [0.1, 0.15) is 322 Å². The smallest absolute Gasteiger partial charge is 0.220 e. The summed E-state index contributed by atoms with van der Waals surface area (Å²) in [6.45, 7) is 2.82. The van der Waals surface area contributed by atoms with E-state index in [1.54, 1.807) is 6.08 Å². The van der Waals surface area contributed by atoms with Crippen molar-refractivity contribution in [2.75, 3.05) is 19.8 Å². The van der Waals surface area contributed by atoms with E-state index in [4.69, 9.17) is 18.9 Å². The second kappa shape index (κ2) is 58.7. The maximum Gasteiger partial charge on any atom is 0.220 e. The molecule has 2 aliphatic heterocycles. The van der Waals surface area contributed by atoms with Gasteiger partial charge in [-0.05, 0) is 70.6 Å². The van der Waals surface area contributed by atoms with Gasteiger partial charge in [0.1, 0.15) is 48.8 Å². The summed E-state index contributed by atoms with van der Waals surface area (Å²) in [5, 5.41) is 87.5. The summed E-state index contributed by atoms with van der Waals surface area (Å²) in [6.07, 6.45) is 60.4. The first kappa shape index (κ1) is 82.0. The van der Waals surface area contributed by atoms with Crippen LogP contribution >= 0.6 is 0 Å². The highest BCUT2D eigenvalue weighted by Gasteiger charge is 2.51. The van der Waals surface area contributed by atoms with Crippen LogP contribution in [0, 0.1) is 0 Å². The van der Waals surface area contributed by atoms with E-state index in [-0.39, 0.29) is 18.9 Å². The summed E-state index contributed by atoms with van der Waals surface area (Å²) in [6, 6.07) is -0.939. The highest BCUT2D eigenvalue weighted by Crippen LogP contribution is 2.30. The fraction of sp³-hybridized carbons (Fsp3) is 0.878. The van der Waals surface area contributed by atoms with E-state index in [2.05, 4.69) is 55.6 Å².